The van der Waals surface area contributed by atoms with Crippen LogP contribution in [0.5, 0.6) is 0 Å². The summed E-state index contributed by atoms with van der Waals surface area (Å²) < 4.78 is 0. The lowest BCUT2D eigenvalue weighted by Gasteiger charge is -2.06. The maximum atomic E-state index is 12.2. The summed E-state index contributed by atoms with van der Waals surface area (Å²) in [6, 6.07) is 13.7. The molecule has 4 heteroatoms. The first kappa shape index (κ1) is 12.8. The Morgan fingerprint density at radius 2 is 1.63 bits per heavy atom. The van der Waals surface area contributed by atoms with Crippen molar-refractivity contribution in [3.8, 4) is 0 Å². The fourth-order valence-corrected chi connectivity index (χ4v) is 1.77. The lowest BCUT2D eigenvalue weighted by atomic mass is 10.0. The Labute approximate surface area is 111 Å². The Morgan fingerprint density at radius 1 is 1.00 bits per heavy atom. The molecule has 1 amide bonds. The second kappa shape index (κ2) is 5.35. The molecule has 0 saturated carbocycles. The van der Waals surface area contributed by atoms with Crippen molar-refractivity contribution in [1.29, 1.82) is 0 Å². The van der Waals surface area contributed by atoms with Crippen LogP contribution in [0, 0.1) is 0 Å². The van der Waals surface area contributed by atoms with E-state index < -0.39 is 0 Å². The first-order chi connectivity index (χ1) is 9.08. The summed E-state index contributed by atoms with van der Waals surface area (Å²) in [5, 5.41) is 2.65. The number of anilines is 2. The SMILES string of the molecule is CC(=O)Nc1ccc(C(=O)c2ccccc2N)cc1. The summed E-state index contributed by atoms with van der Waals surface area (Å²) in [4.78, 5) is 23.1. The Hall–Kier alpha value is -2.62. The van der Waals surface area contributed by atoms with E-state index in [-0.39, 0.29) is 11.7 Å². The lowest BCUT2D eigenvalue weighted by Crippen LogP contribution is -2.07. The Kier molecular flexibility index (Phi) is 3.61. The first-order valence-electron chi connectivity index (χ1n) is 5.85. The van der Waals surface area contributed by atoms with Gasteiger partial charge in [-0.25, -0.2) is 0 Å². The van der Waals surface area contributed by atoms with Gasteiger partial charge in [-0.2, -0.15) is 0 Å². The van der Waals surface area contributed by atoms with Crippen LogP contribution in [0.1, 0.15) is 22.8 Å². The normalized spacial score (nSPS) is 9.95. The van der Waals surface area contributed by atoms with E-state index >= 15 is 0 Å². The van der Waals surface area contributed by atoms with E-state index in [2.05, 4.69) is 5.32 Å². The molecule has 2 aromatic carbocycles. The van der Waals surface area contributed by atoms with E-state index in [1.165, 1.54) is 6.92 Å². The minimum Gasteiger partial charge on any atom is -0.398 e. The molecular weight excluding hydrogens is 240 g/mol. The third-order valence-corrected chi connectivity index (χ3v) is 2.67. The molecule has 0 aliphatic rings. The fourth-order valence-electron chi connectivity index (χ4n) is 1.77. The Balaban J connectivity index is 2.25. The predicted octanol–water partition coefficient (Wildman–Crippen LogP) is 2.46. The first-order valence-corrected chi connectivity index (χ1v) is 5.85. The van der Waals surface area contributed by atoms with Crippen LogP contribution < -0.4 is 11.1 Å². The number of rotatable bonds is 3. The second-order valence-electron chi connectivity index (χ2n) is 4.17. The van der Waals surface area contributed by atoms with E-state index in [1.807, 2.05) is 0 Å². The van der Waals surface area contributed by atoms with Crippen molar-refractivity contribution < 1.29 is 9.59 Å². The van der Waals surface area contributed by atoms with Gasteiger partial charge in [-0.05, 0) is 36.4 Å². The third-order valence-electron chi connectivity index (χ3n) is 2.67. The quantitative estimate of drug-likeness (QED) is 0.652. The van der Waals surface area contributed by atoms with Crippen LogP contribution in [0.4, 0.5) is 11.4 Å². The van der Waals surface area contributed by atoms with Crippen molar-refractivity contribution in [2.75, 3.05) is 11.1 Å². The molecule has 0 unspecified atom stereocenters. The van der Waals surface area contributed by atoms with E-state index in [0.717, 1.165) is 0 Å². The van der Waals surface area contributed by atoms with Crippen LogP contribution in [0.25, 0.3) is 0 Å². The summed E-state index contributed by atoms with van der Waals surface area (Å²) in [5.74, 6) is -0.279. The molecule has 0 spiro atoms. The van der Waals surface area contributed by atoms with Crippen molar-refractivity contribution in [3.05, 3.63) is 59.7 Å². The summed E-state index contributed by atoms with van der Waals surface area (Å²) in [5.41, 5.74) is 7.91. The standard InChI is InChI=1S/C15H14N2O2/c1-10(18)17-12-8-6-11(7-9-12)15(19)13-4-2-3-5-14(13)16/h2-9H,16H2,1H3,(H,17,18). The number of hydrogen-bond acceptors (Lipinski definition) is 3. The van der Waals surface area contributed by atoms with Gasteiger partial charge in [0, 0.05) is 29.4 Å². The average molecular weight is 254 g/mol. The van der Waals surface area contributed by atoms with Gasteiger partial charge in [0.15, 0.2) is 5.78 Å². The van der Waals surface area contributed by atoms with Gasteiger partial charge in [0.1, 0.15) is 0 Å². The van der Waals surface area contributed by atoms with Gasteiger partial charge in [0.25, 0.3) is 0 Å². The molecule has 0 fully saturated rings. The Bertz CT molecular complexity index is 618. The van der Waals surface area contributed by atoms with Crippen LogP contribution in [0.15, 0.2) is 48.5 Å². The molecule has 0 aromatic heterocycles. The van der Waals surface area contributed by atoms with Gasteiger partial charge in [-0.15, -0.1) is 0 Å². The van der Waals surface area contributed by atoms with Crippen LogP contribution in [-0.4, -0.2) is 11.7 Å². The third kappa shape index (κ3) is 2.98. The van der Waals surface area contributed by atoms with Gasteiger partial charge in [0.05, 0.1) is 0 Å². The molecule has 19 heavy (non-hydrogen) atoms. The van der Waals surface area contributed by atoms with E-state index in [1.54, 1.807) is 48.5 Å². The fraction of sp³-hybridized carbons (Fsp3) is 0.0667. The molecule has 0 saturated heterocycles. The summed E-state index contributed by atoms with van der Waals surface area (Å²) in [6.45, 7) is 1.43. The number of amides is 1. The van der Waals surface area contributed by atoms with E-state index in [9.17, 15) is 9.59 Å². The number of hydrogen-bond donors (Lipinski definition) is 2. The number of para-hydroxylation sites is 1. The summed E-state index contributed by atoms with van der Waals surface area (Å²) >= 11 is 0. The molecule has 2 rings (SSSR count). The zero-order valence-corrected chi connectivity index (χ0v) is 10.5. The zero-order valence-electron chi connectivity index (χ0n) is 10.5. The van der Waals surface area contributed by atoms with Gasteiger partial charge in [0.2, 0.25) is 5.91 Å². The molecule has 4 nitrogen and oxygen atoms in total. The van der Waals surface area contributed by atoms with Gasteiger partial charge < -0.3 is 11.1 Å². The van der Waals surface area contributed by atoms with E-state index in [4.69, 9.17) is 5.73 Å². The molecule has 96 valence electrons. The predicted molar refractivity (Wildman–Crippen MR) is 75.0 cm³/mol. The molecule has 2 aromatic rings. The number of nitrogen functional groups attached to an aromatic ring is 1. The van der Waals surface area contributed by atoms with Crippen molar-refractivity contribution >= 4 is 23.1 Å². The Morgan fingerprint density at radius 3 is 2.21 bits per heavy atom. The molecule has 0 radical (unpaired) electrons. The molecule has 0 heterocycles. The maximum absolute atomic E-state index is 12.2. The number of nitrogens with two attached hydrogens (primary N) is 1. The highest BCUT2D eigenvalue weighted by Gasteiger charge is 2.11. The van der Waals surface area contributed by atoms with Crippen LogP contribution in [0.3, 0.4) is 0 Å². The highest BCUT2D eigenvalue weighted by Crippen LogP contribution is 2.17. The number of benzene rings is 2. The number of nitrogens with one attached hydrogen (secondary N) is 1. The van der Waals surface area contributed by atoms with Crippen LogP contribution in [0.2, 0.25) is 0 Å². The highest BCUT2D eigenvalue weighted by atomic mass is 16.1. The molecule has 0 atom stereocenters. The monoisotopic (exact) mass is 254 g/mol. The van der Waals surface area contributed by atoms with Crippen molar-refractivity contribution in [2.24, 2.45) is 0 Å². The molecule has 3 N–H and O–H groups in total. The average Bonchev–Trinajstić information content (AvgIpc) is 2.39. The zero-order chi connectivity index (χ0) is 13.8. The maximum Gasteiger partial charge on any atom is 0.221 e. The smallest absolute Gasteiger partial charge is 0.221 e. The van der Waals surface area contributed by atoms with Crippen molar-refractivity contribution in [3.63, 3.8) is 0 Å². The molecule has 0 bridgehead atoms. The van der Waals surface area contributed by atoms with Crippen molar-refractivity contribution in [2.45, 2.75) is 6.92 Å². The molecular formula is C15H14N2O2. The van der Waals surface area contributed by atoms with Crippen LogP contribution >= 0.6 is 0 Å². The topological polar surface area (TPSA) is 72.2 Å². The van der Waals surface area contributed by atoms with E-state index in [0.29, 0.717) is 22.5 Å². The van der Waals surface area contributed by atoms with Crippen molar-refractivity contribution in [1.82, 2.24) is 0 Å². The minimum absolute atomic E-state index is 0.132. The van der Waals surface area contributed by atoms with Gasteiger partial charge >= 0.3 is 0 Å². The largest absolute Gasteiger partial charge is 0.398 e. The minimum atomic E-state index is -0.147. The highest BCUT2D eigenvalue weighted by molar-refractivity contribution is 6.12. The van der Waals surface area contributed by atoms with Gasteiger partial charge in [-0.3, -0.25) is 9.59 Å². The molecule has 0 aliphatic heterocycles. The lowest BCUT2D eigenvalue weighted by molar-refractivity contribution is -0.114. The second-order valence-corrected chi connectivity index (χ2v) is 4.17. The summed E-state index contributed by atoms with van der Waals surface area (Å²) in [7, 11) is 0. The number of carbonyl (C=O) groups is 2. The molecule has 0 aliphatic carbocycles. The van der Waals surface area contributed by atoms with Gasteiger partial charge in [-0.1, -0.05) is 12.1 Å². The summed E-state index contributed by atoms with van der Waals surface area (Å²) in [6.07, 6.45) is 0. The number of carbonyl (C=O) groups excluding carboxylic acids is 2. The number of ketones is 1. The van der Waals surface area contributed by atoms with Crippen LogP contribution in [-0.2, 0) is 4.79 Å².